The van der Waals surface area contributed by atoms with E-state index in [4.69, 9.17) is 10.7 Å². The highest BCUT2D eigenvalue weighted by Crippen LogP contribution is 2.45. The fourth-order valence-corrected chi connectivity index (χ4v) is 7.78. The Morgan fingerprint density at radius 3 is 2.40 bits per heavy atom. The second-order valence-corrected chi connectivity index (χ2v) is 13.4. The first-order chi connectivity index (χ1) is 20.7. The van der Waals surface area contributed by atoms with E-state index in [1.165, 1.54) is 4.52 Å². The highest BCUT2D eigenvalue weighted by atomic mass is 32.2. The molecule has 2 aliphatic heterocycles. The van der Waals surface area contributed by atoms with Crippen molar-refractivity contribution in [2.75, 3.05) is 12.0 Å². The van der Waals surface area contributed by atoms with Crippen molar-refractivity contribution in [3.63, 3.8) is 0 Å². The quantitative estimate of drug-likeness (QED) is 0.299. The van der Waals surface area contributed by atoms with Crippen LogP contribution in [0.25, 0.3) is 28.0 Å². The molecule has 0 radical (unpaired) electrons. The molecule has 0 spiro atoms. The van der Waals surface area contributed by atoms with Crippen LogP contribution in [0.4, 0.5) is 5.82 Å². The summed E-state index contributed by atoms with van der Waals surface area (Å²) < 4.78 is 27.6. The molecule has 0 unspecified atom stereocenters. The first-order valence-corrected chi connectivity index (χ1v) is 16.1. The standard InChI is InChI=1S/C30H31N9O3S/c1-17-34-25(37-36-17)14-26(40)38-21-9-10-22(38)13-20(12-21)27-28(43(2,41)42)29(31)39-30(35-27)23(16-33-39)19-8-11-24(32-15-19)18-6-4-3-5-7-18/h3-8,11,15-16,20-22H,9-10,12-14,31H2,1-2H3,(H,34,36,37)/t20-,21+,22-. The molecule has 2 aliphatic rings. The minimum absolute atomic E-state index is 0.00196. The number of fused-ring (bicyclic) bond motifs is 3. The number of nitrogen functional groups attached to an aromatic ring is 1. The van der Waals surface area contributed by atoms with Crippen LogP contribution in [-0.2, 0) is 21.1 Å². The lowest BCUT2D eigenvalue weighted by Gasteiger charge is -2.39. The summed E-state index contributed by atoms with van der Waals surface area (Å²) >= 11 is 0. The van der Waals surface area contributed by atoms with Crippen LogP contribution < -0.4 is 5.73 Å². The van der Waals surface area contributed by atoms with E-state index >= 15 is 0 Å². The summed E-state index contributed by atoms with van der Waals surface area (Å²) in [6, 6.07) is 13.7. The largest absolute Gasteiger partial charge is 0.382 e. The molecule has 3 N–H and O–H groups in total. The number of hydrogen-bond donors (Lipinski definition) is 2. The van der Waals surface area contributed by atoms with Crippen LogP contribution in [0.2, 0.25) is 0 Å². The number of H-pyrrole nitrogens is 1. The molecule has 0 aliphatic carbocycles. The molecule has 5 aromatic rings. The lowest BCUT2D eigenvalue weighted by Crippen LogP contribution is -2.47. The van der Waals surface area contributed by atoms with Crippen molar-refractivity contribution in [2.24, 2.45) is 0 Å². The van der Waals surface area contributed by atoms with E-state index in [0.29, 0.717) is 41.4 Å². The van der Waals surface area contributed by atoms with Gasteiger partial charge in [-0.05, 0) is 38.7 Å². The minimum Gasteiger partial charge on any atom is -0.382 e. The van der Waals surface area contributed by atoms with Crippen LogP contribution >= 0.6 is 0 Å². The van der Waals surface area contributed by atoms with Gasteiger partial charge < -0.3 is 10.6 Å². The zero-order valence-corrected chi connectivity index (χ0v) is 24.6. The maximum absolute atomic E-state index is 13.3. The van der Waals surface area contributed by atoms with Gasteiger partial charge >= 0.3 is 0 Å². The van der Waals surface area contributed by atoms with Crippen molar-refractivity contribution in [3.8, 4) is 22.4 Å². The molecule has 43 heavy (non-hydrogen) atoms. The third-order valence-electron chi connectivity index (χ3n) is 8.55. The van der Waals surface area contributed by atoms with Gasteiger partial charge in [0, 0.05) is 47.1 Å². The molecule has 7 rings (SSSR count). The van der Waals surface area contributed by atoms with Crippen LogP contribution in [0.1, 0.15) is 48.9 Å². The van der Waals surface area contributed by atoms with Crippen molar-refractivity contribution >= 4 is 27.2 Å². The number of sulfone groups is 1. The Balaban J connectivity index is 1.24. The van der Waals surface area contributed by atoms with Gasteiger partial charge in [0.05, 0.1) is 24.0 Å². The van der Waals surface area contributed by atoms with Crippen molar-refractivity contribution in [2.45, 2.75) is 61.9 Å². The molecule has 2 saturated heterocycles. The van der Waals surface area contributed by atoms with E-state index in [1.54, 1.807) is 19.3 Å². The molecule has 13 heteroatoms. The second-order valence-electron chi connectivity index (χ2n) is 11.4. The van der Waals surface area contributed by atoms with E-state index in [1.807, 2.05) is 47.4 Å². The van der Waals surface area contributed by atoms with Crippen LogP contribution in [0.15, 0.2) is 59.8 Å². The van der Waals surface area contributed by atoms with Crippen LogP contribution in [0.3, 0.4) is 0 Å². The van der Waals surface area contributed by atoms with E-state index in [9.17, 15) is 13.2 Å². The molecule has 2 bridgehead atoms. The average Bonchev–Trinajstić information content (AvgIpc) is 3.68. The summed E-state index contributed by atoms with van der Waals surface area (Å²) in [4.78, 5) is 29.2. The van der Waals surface area contributed by atoms with Crippen LogP contribution in [0, 0.1) is 6.92 Å². The predicted molar refractivity (Wildman–Crippen MR) is 160 cm³/mol. The summed E-state index contributed by atoms with van der Waals surface area (Å²) in [6.45, 7) is 1.77. The zero-order chi connectivity index (χ0) is 29.9. The van der Waals surface area contributed by atoms with Gasteiger partial charge in [-0.2, -0.15) is 14.7 Å². The van der Waals surface area contributed by atoms with Gasteiger partial charge in [0.25, 0.3) is 0 Å². The number of hydrogen-bond acceptors (Lipinski definition) is 9. The maximum Gasteiger partial charge on any atom is 0.230 e. The van der Waals surface area contributed by atoms with E-state index in [2.05, 4.69) is 25.3 Å². The normalized spacial score (nSPS) is 20.1. The van der Waals surface area contributed by atoms with Gasteiger partial charge in [-0.15, -0.1) is 0 Å². The lowest BCUT2D eigenvalue weighted by molar-refractivity contribution is -0.135. The lowest BCUT2D eigenvalue weighted by atomic mass is 9.87. The molecule has 4 aromatic heterocycles. The predicted octanol–water partition coefficient (Wildman–Crippen LogP) is 3.35. The highest BCUT2D eigenvalue weighted by molar-refractivity contribution is 7.91. The molecular weight excluding hydrogens is 566 g/mol. The number of aromatic amines is 1. The number of anilines is 1. The summed E-state index contributed by atoms with van der Waals surface area (Å²) in [5.41, 5.74) is 10.8. The number of benzene rings is 1. The third-order valence-corrected chi connectivity index (χ3v) is 9.71. The topological polar surface area (TPSA) is 165 Å². The number of nitrogens with zero attached hydrogens (tertiary/aromatic N) is 7. The number of piperidine rings is 1. The smallest absolute Gasteiger partial charge is 0.230 e. The van der Waals surface area contributed by atoms with Crippen molar-refractivity contribution < 1.29 is 13.2 Å². The number of nitrogens with one attached hydrogen (secondary N) is 1. The molecule has 3 atom stereocenters. The Labute approximate surface area is 248 Å². The van der Waals surface area contributed by atoms with Gasteiger partial charge in [-0.3, -0.25) is 14.9 Å². The minimum atomic E-state index is -3.74. The number of aryl methyl sites for hydroxylation is 1. The Bertz CT molecular complexity index is 1940. The molecule has 6 heterocycles. The van der Waals surface area contributed by atoms with Crippen molar-refractivity contribution in [3.05, 3.63) is 72.2 Å². The highest BCUT2D eigenvalue weighted by Gasteiger charge is 2.45. The average molecular weight is 598 g/mol. The van der Waals surface area contributed by atoms with E-state index < -0.39 is 9.84 Å². The van der Waals surface area contributed by atoms with Crippen molar-refractivity contribution in [1.82, 2.24) is 39.7 Å². The maximum atomic E-state index is 13.3. The first-order valence-electron chi connectivity index (χ1n) is 14.3. The number of carbonyl (C=O) groups is 1. The number of aromatic nitrogens is 7. The molecule has 220 valence electrons. The Morgan fingerprint density at radius 2 is 1.77 bits per heavy atom. The number of amides is 1. The van der Waals surface area contributed by atoms with Gasteiger partial charge in [-0.25, -0.2) is 18.4 Å². The summed E-state index contributed by atoms with van der Waals surface area (Å²) in [5.74, 6) is 0.987. The second kappa shape index (κ2) is 10.3. The fourth-order valence-electron chi connectivity index (χ4n) is 6.72. The number of carbonyl (C=O) groups excluding carboxylic acids is 1. The summed E-state index contributed by atoms with van der Waals surface area (Å²) in [6.07, 6.45) is 7.61. The van der Waals surface area contributed by atoms with Gasteiger partial charge in [0.15, 0.2) is 15.5 Å². The first kappa shape index (κ1) is 27.2. The van der Waals surface area contributed by atoms with Crippen LogP contribution in [0.5, 0.6) is 0 Å². The Morgan fingerprint density at radius 1 is 1.02 bits per heavy atom. The zero-order valence-electron chi connectivity index (χ0n) is 23.8. The number of nitrogens with two attached hydrogens (primary N) is 1. The third kappa shape index (κ3) is 4.83. The van der Waals surface area contributed by atoms with E-state index in [0.717, 1.165) is 35.9 Å². The van der Waals surface area contributed by atoms with E-state index in [-0.39, 0.29) is 41.0 Å². The molecular formula is C30H31N9O3S. The van der Waals surface area contributed by atoms with Crippen molar-refractivity contribution in [1.29, 1.82) is 0 Å². The molecule has 2 fully saturated rings. The number of rotatable bonds is 6. The van der Waals surface area contributed by atoms with Crippen LogP contribution in [-0.4, -0.2) is 72.3 Å². The van der Waals surface area contributed by atoms with Gasteiger partial charge in [-0.1, -0.05) is 36.4 Å². The fraction of sp³-hybridized carbons (Fsp3) is 0.333. The SMILES string of the molecule is Cc1n[nH]c(CC(=O)N2[C@@H]3CC[C@H]2C[C@@H](c2nc4c(-c5ccc(-c6ccccc6)nc5)cnn4c(N)c2S(C)(=O)=O)C3)n1. The summed E-state index contributed by atoms with van der Waals surface area (Å²) in [7, 11) is -3.74. The molecule has 1 amide bonds. The Hall–Kier alpha value is -4.65. The summed E-state index contributed by atoms with van der Waals surface area (Å²) in [5, 5.41) is 11.3. The van der Waals surface area contributed by atoms with Gasteiger partial charge in [0.2, 0.25) is 5.91 Å². The molecule has 12 nitrogen and oxygen atoms in total. The monoisotopic (exact) mass is 597 g/mol. The molecule has 0 saturated carbocycles. The Kier molecular flexibility index (Phi) is 6.49. The number of pyridine rings is 1. The molecule has 1 aromatic carbocycles. The van der Waals surface area contributed by atoms with Gasteiger partial charge in [0.1, 0.15) is 22.4 Å².